The molecular weight excluding hydrogens is 336 g/mol. The van der Waals surface area contributed by atoms with Crippen molar-refractivity contribution in [1.82, 2.24) is 9.97 Å². The van der Waals surface area contributed by atoms with Crippen molar-refractivity contribution < 1.29 is 4.74 Å². The Hall–Kier alpha value is -1.43. The van der Waals surface area contributed by atoms with Crippen LogP contribution in [0.3, 0.4) is 0 Å². The molecule has 0 spiro atoms. The van der Waals surface area contributed by atoms with Crippen molar-refractivity contribution in [3.63, 3.8) is 0 Å². The number of hydrogen-bond acceptors (Lipinski definition) is 5. The van der Waals surface area contributed by atoms with Gasteiger partial charge in [-0.1, -0.05) is 38.1 Å². The standard InChI is InChI=1S/C19H22N2OS2/c1-12(2)14-5-7-15(8-6-14)16-13(3)24-19-17(16)18(20-11-21-19)23-10-9-22-4/h5-8,11-12H,9-10H2,1-4H3. The molecule has 3 rings (SSSR count). The lowest BCUT2D eigenvalue weighted by molar-refractivity contribution is 0.218. The fraction of sp³-hybridized carbons (Fsp3) is 0.368. The molecule has 5 heteroatoms. The Morgan fingerprint density at radius 1 is 1.17 bits per heavy atom. The molecule has 0 saturated carbocycles. The Bertz CT molecular complexity index is 825. The maximum atomic E-state index is 5.17. The zero-order chi connectivity index (χ0) is 17.1. The van der Waals surface area contributed by atoms with E-state index < -0.39 is 0 Å². The lowest BCUT2D eigenvalue weighted by Gasteiger charge is -2.09. The van der Waals surface area contributed by atoms with Crippen LogP contribution in [-0.2, 0) is 4.74 Å². The number of rotatable bonds is 6. The molecule has 0 bridgehead atoms. The third-order valence-corrected chi connectivity index (χ3v) is 5.99. The molecule has 0 unspecified atom stereocenters. The molecular formula is C19H22N2OS2. The van der Waals surface area contributed by atoms with E-state index in [1.54, 1.807) is 36.5 Å². The highest BCUT2D eigenvalue weighted by Gasteiger charge is 2.17. The second-order valence-corrected chi connectivity index (χ2v) is 8.30. The van der Waals surface area contributed by atoms with Crippen LogP contribution in [0.25, 0.3) is 21.3 Å². The average Bonchev–Trinajstić information content (AvgIpc) is 2.92. The summed E-state index contributed by atoms with van der Waals surface area (Å²) in [5.41, 5.74) is 3.87. The van der Waals surface area contributed by atoms with Gasteiger partial charge in [0.05, 0.1) is 12.0 Å². The van der Waals surface area contributed by atoms with Crippen molar-refractivity contribution in [2.24, 2.45) is 0 Å². The number of hydrogen-bond donors (Lipinski definition) is 0. The van der Waals surface area contributed by atoms with E-state index in [-0.39, 0.29) is 0 Å². The van der Waals surface area contributed by atoms with Crippen molar-refractivity contribution in [2.45, 2.75) is 31.7 Å². The number of benzene rings is 1. The van der Waals surface area contributed by atoms with Gasteiger partial charge in [0.25, 0.3) is 0 Å². The fourth-order valence-corrected chi connectivity index (χ4v) is 4.72. The van der Waals surface area contributed by atoms with Crippen LogP contribution in [0.15, 0.2) is 35.6 Å². The molecule has 126 valence electrons. The summed E-state index contributed by atoms with van der Waals surface area (Å²) < 4.78 is 5.17. The third-order valence-electron chi connectivity index (χ3n) is 4.02. The number of aromatic nitrogens is 2. The van der Waals surface area contributed by atoms with Crippen LogP contribution < -0.4 is 0 Å². The smallest absolute Gasteiger partial charge is 0.128 e. The lowest BCUT2D eigenvalue weighted by atomic mass is 9.98. The maximum Gasteiger partial charge on any atom is 0.128 e. The summed E-state index contributed by atoms with van der Waals surface area (Å²) in [4.78, 5) is 11.4. The van der Waals surface area contributed by atoms with Crippen LogP contribution in [0, 0.1) is 6.92 Å². The second-order valence-electron chi connectivity index (χ2n) is 6.01. The van der Waals surface area contributed by atoms with Crippen molar-refractivity contribution in [3.05, 3.63) is 41.0 Å². The molecule has 1 aromatic carbocycles. The lowest BCUT2D eigenvalue weighted by Crippen LogP contribution is -1.93. The first-order valence-electron chi connectivity index (χ1n) is 8.08. The quantitative estimate of drug-likeness (QED) is 0.330. The Balaban J connectivity index is 2.07. The zero-order valence-corrected chi connectivity index (χ0v) is 16.1. The molecule has 0 aliphatic carbocycles. The minimum atomic E-state index is 0.544. The number of nitrogens with zero attached hydrogens (tertiary/aromatic N) is 2. The third kappa shape index (κ3) is 3.48. The minimum absolute atomic E-state index is 0.544. The first kappa shape index (κ1) is 17.4. The highest BCUT2D eigenvalue weighted by molar-refractivity contribution is 7.99. The van der Waals surface area contributed by atoms with E-state index >= 15 is 0 Å². The summed E-state index contributed by atoms with van der Waals surface area (Å²) >= 11 is 3.48. The molecule has 0 atom stereocenters. The number of fused-ring (bicyclic) bond motifs is 1. The van der Waals surface area contributed by atoms with Gasteiger partial charge in [0.15, 0.2) is 0 Å². The van der Waals surface area contributed by atoms with Crippen molar-refractivity contribution >= 4 is 33.3 Å². The van der Waals surface area contributed by atoms with E-state index in [1.807, 2.05) is 0 Å². The predicted octanol–water partition coefficient (Wildman–Crippen LogP) is 5.53. The van der Waals surface area contributed by atoms with E-state index in [1.165, 1.54) is 27.0 Å². The van der Waals surface area contributed by atoms with Crippen LogP contribution in [0.2, 0.25) is 0 Å². The van der Waals surface area contributed by atoms with E-state index in [0.717, 1.165) is 22.2 Å². The van der Waals surface area contributed by atoms with Crippen LogP contribution >= 0.6 is 23.1 Å². The van der Waals surface area contributed by atoms with Gasteiger partial charge < -0.3 is 4.74 Å². The molecule has 3 nitrogen and oxygen atoms in total. The van der Waals surface area contributed by atoms with E-state index in [4.69, 9.17) is 4.74 Å². The average molecular weight is 359 g/mol. The highest BCUT2D eigenvalue weighted by Crippen LogP contribution is 2.41. The molecule has 2 heterocycles. The number of methoxy groups -OCH3 is 1. The van der Waals surface area contributed by atoms with Crippen molar-refractivity contribution in [3.8, 4) is 11.1 Å². The zero-order valence-electron chi connectivity index (χ0n) is 14.5. The van der Waals surface area contributed by atoms with Gasteiger partial charge in [0.1, 0.15) is 16.2 Å². The largest absolute Gasteiger partial charge is 0.384 e. The number of thiophene rings is 1. The Morgan fingerprint density at radius 2 is 1.92 bits per heavy atom. The van der Waals surface area contributed by atoms with Crippen molar-refractivity contribution in [1.29, 1.82) is 0 Å². The van der Waals surface area contributed by atoms with Crippen LogP contribution in [0.5, 0.6) is 0 Å². The van der Waals surface area contributed by atoms with Gasteiger partial charge in [-0.2, -0.15) is 0 Å². The summed E-state index contributed by atoms with van der Waals surface area (Å²) in [6.07, 6.45) is 1.67. The van der Waals surface area contributed by atoms with Crippen LogP contribution in [0.1, 0.15) is 30.2 Å². The molecule has 0 N–H and O–H groups in total. The van der Waals surface area contributed by atoms with Crippen LogP contribution in [-0.4, -0.2) is 29.4 Å². The first-order valence-corrected chi connectivity index (χ1v) is 9.88. The summed E-state index contributed by atoms with van der Waals surface area (Å²) in [5.74, 6) is 1.44. The van der Waals surface area contributed by atoms with Crippen LogP contribution in [0.4, 0.5) is 0 Å². The van der Waals surface area contributed by atoms with Gasteiger partial charge in [0.2, 0.25) is 0 Å². The first-order chi connectivity index (χ1) is 11.6. The monoisotopic (exact) mass is 358 g/mol. The molecule has 0 aliphatic heterocycles. The summed E-state index contributed by atoms with van der Waals surface area (Å²) in [6, 6.07) is 8.90. The summed E-state index contributed by atoms with van der Waals surface area (Å²) in [6.45, 7) is 7.33. The predicted molar refractivity (Wildman–Crippen MR) is 104 cm³/mol. The molecule has 0 radical (unpaired) electrons. The Labute approximate surface area is 151 Å². The minimum Gasteiger partial charge on any atom is -0.384 e. The summed E-state index contributed by atoms with van der Waals surface area (Å²) in [5, 5.41) is 2.22. The second kappa shape index (κ2) is 7.64. The number of ether oxygens (including phenoxy) is 1. The molecule has 0 fully saturated rings. The van der Waals surface area contributed by atoms with Gasteiger partial charge in [-0.3, -0.25) is 0 Å². The molecule has 0 saturated heterocycles. The van der Waals surface area contributed by atoms with Gasteiger partial charge in [0, 0.05) is 23.3 Å². The van der Waals surface area contributed by atoms with E-state index in [2.05, 4.69) is 55.0 Å². The van der Waals surface area contributed by atoms with E-state index in [0.29, 0.717) is 5.92 Å². The molecule has 2 aromatic heterocycles. The van der Waals surface area contributed by atoms with E-state index in [9.17, 15) is 0 Å². The van der Waals surface area contributed by atoms with Gasteiger partial charge in [-0.05, 0) is 24.0 Å². The van der Waals surface area contributed by atoms with Gasteiger partial charge >= 0.3 is 0 Å². The molecule has 0 amide bonds. The SMILES string of the molecule is COCCSc1ncnc2sc(C)c(-c3ccc(C(C)C)cc3)c12. The summed E-state index contributed by atoms with van der Waals surface area (Å²) in [7, 11) is 1.73. The highest BCUT2D eigenvalue weighted by atomic mass is 32.2. The molecule has 0 aliphatic rings. The van der Waals surface area contributed by atoms with Crippen molar-refractivity contribution in [2.75, 3.05) is 19.5 Å². The topological polar surface area (TPSA) is 35.0 Å². The normalized spacial score (nSPS) is 11.5. The molecule has 24 heavy (non-hydrogen) atoms. The number of thioether (sulfide) groups is 1. The van der Waals surface area contributed by atoms with Gasteiger partial charge in [-0.15, -0.1) is 23.1 Å². The maximum absolute atomic E-state index is 5.17. The molecule has 3 aromatic rings. The Morgan fingerprint density at radius 3 is 2.58 bits per heavy atom. The Kier molecular flexibility index (Phi) is 5.54. The number of aryl methyl sites for hydroxylation is 1. The van der Waals surface area contributed by atoms with Gasteiger partial charge in [-0.25, -0.2) is 9.97 Å². The fourth-order valence-electron chi connectivity index (χ4n) is 2.73.